The van der Waals surface area contributed by atoms with Gasteiger partial charge in [-0.05, 0) is 25.3 Å². The van der Waals surface area contributed by atoms with E-state index in [2.05, 4.69) is 0 Å². The highest BCUT2D eigenvalue weighted by Gasteiger charge is 2.29. The van der Waals surface area contributed by atoms with Crippen molar-refractivity contribution in [3.8, 4) is 5.75 Å². The molecular formula is C15H21NO3. The smallest absolute Gasteiger partial charge is 0.260 e. The van der Waals surface area contributed by atoms with Gasteiger partial charge in [-0.15, -0.1) is 0 Å². The molecule has 1 aromatic rings. The van der Waals surface area contributed by atoms with Crippen LogP contribution >= 0.6 is 0 Å². The molecule has 1 fully saturated rings. The van der Waals surface area contributed by atoms with Gasteiger partial charge in [0.15, 0.2) is 6.61 Å². The standard InChI is InChI=1S/C15H21NO3/c1-3-13(17)12-6-4-5-7-14(12)19-10-15(18)16(2)11-8-9-11/h4-7,11,13,17H,3,8-10H2,1-2H3/t13-/m1/s1. The highest BCUT2D eigenvalue weighted by Crippen LogP contribution is 2.28. The summed E-state index contributed by atoms with van der Waals surface area (Å²) in [6.45, 7) is 1.94. The molecule has 1 N–H and O–H groups in total. The average Bonchev–Trinajstić information content (AvgIpc) is 3.28. The average molecular weight is 263 g/mol. The van der Waals surface area contributed by atoms with E-state index < -0.39 is 6.10 Å². The van der Waals surface area contributed by atoms with Crippen LogP contribution in [0.3, 0.4) is 0 Å². The number of aliphatic hydroxyl groups excluding tert-OH is 1. The number of ether oxygens (including phenoxy) is 1. The SMILES string of the molecule is CC[C@@H](O)c1ccccc1OCC(=O)N(C)C1CC1. The van der Waals surface area contributed by atoms with Crippen molar-refractivity contribution < 1.29 is 14.6 Å². The summed E-state index contributed by atoms with van der Waals surface area (Å²) in [5, 5.41) is 9.91. The van der Waals surface area contributed by atoms with E-state index in [1.807, 2.05) is 32.2 Å². The first kappa shape index (κ1) is 13.9. The summed E-state index contributed by atoms with van der Waals surface area (Å²) in [6.07, 6.45) is 2.25. The fourth-order valence-corrected chi connectivity index (χ4v) is 2.01. The minimum Gasteiger partial charge on any atom is -0.483 e. The predicted octanol–water partition coefficient (Wildman–Crippen LogP) is 2.13. The third kappa shape index (κ3) is 3.47. The molecule has 1 aliphatic carbocycles. The normalized spacial score (nSPS) is 15.9. The Morgan fingerprint density at radius 3 is 2.79 bits per heavy atom. The summed E-state index contributed by atoms with van der Waals surface area (Å²) in [5.41, 5.74) is 0.742. The zero-order valence-electron chi connectivity index (χ0n) is 11.5. The molecule has 1 aromatic carbocycles. The number of rotatable bonds is 6. The van der Waals surface area contributed by atoms with Crippen molar-refractivity contribution >= 4 is 5.91 Å². The summed E-state index contributed by atoms with van der Waals surface area (Å²) >= 11 is 0. The van der Waals surface area contributed by atoms with E-state index >= 15 is 0 Å². The number of hydrogen-bond acceptors (Lipinski definition) is 3. The Labute approximate surface area is 114 Å². The molecule has 4 nitrogen and oxygen atoms in total. The molecule has 19 heavy (non-hydrogen) atoms. The second kappa shape index (κ2) is 6.06. The van der Waals surface area contributed by atoms with Crippen LogP contribution in [0.2, 0.25) is 0 Å². The molecule has 1 atom stereocenters. The number of likely N-dealkylation sites (N-methyl/N-ethyl adjacent to an activating group) is 1. The van der Waals surface area contributed by atoms with Crippen molar-refractivity contribution in [2.24, 2.45) is 0 Å². The number of para-hydroxylation sites is 1. The van der Waals surface area contributed by atoms with Crippen LogP contribution in [0.25, 0.3) is 0 Å². The number of carbonyl (C=O) groups excluding carboxylic acids is 1. The minimum absolute atomic E-state index is 0.0108. The van der Waals surface area contributed by atoms with Gasteiger partial charge in [0.2, 0.25) is 0 Å². The lowest BCUT2D eigenvalue weighted by molar-refractivity contribution is -0.132. The van der Waals surface area contributed by atoms with E-state index in [9.17, 15) is 9.90 Å². The molecule has 0 spiro atoms. The first-order valence-electron chi connectivity index (χ1n) is 6.79. The first-order valence-corrected chi connectivity index (χ1v) is 6.79. The molecule has 0 unspecified atom stereocenters. The van der Waals surface area contributed by atoms with Gasteiger partial charge in [-0.2, -0.15) is 0 Å². The van der Waals surface area contributed by atoms with Crippen LogP contribution in [0.15, 0.2) is 24.3 Å². The first-order chi connectivity index (χ1) is 9.13. The second-order valence-corrected chi connectivity index (χ2v) is 4.99. The topological polar surface area (TPSA) is 49.8 Å². The number of benzene rings is 1. The van der Waals surface area contributed by atoms with Crippen molar-refractivity contribution in [2.75, 3.05) is 13.7 Å². The van der Waals surface area contributed by atoms with Crippen molar-refractivity contribution in [1.82, 2.24) is 4.90 Å². The van der Waals surface area contributed by atoms with Crippen LogP contribution in [0.4, 0.5) is 0 Å². The molecule has 1 amide bonds. The number of carbonyl (C=O) groups is 1. The van der Waals surface area contributed by atoms with Gasteiger partial charge in [-0.25, -0.2) is 0 Å². The largest absolute Gasteiger partial charge is 0.483 e. The summed E-state index contributed by atoms with van der Waals surface area (Å²) in [6, 6.07) is 7.72. The summed E-state index contributed by atoms with van der Waals surface area (Å²) in [7, 11) is 1.82. The van der Waals surface area contributed by atoms with E-state index in [-0.39, 0.29) is 12.5 Å². The van der Waals surface area contributed by atoms with Crippen LogP contribution in [-0.2, 0) is 4.79 Å². The fraction of sp³-hybridized carbons (Fsp3) is 0.533. The third-order valence-electron chi connectivity index (χ3n) is 3.50. The van der Waals surface area contributed by atoms with Gasteiger partial charge < -0.3 is 14.7 Å². The van der Waals surface area contributed by atoms with Crippen molar-refractivity contribution in [3.63, 3.8) is 0 Å². The molecule has 0 bridgehead atoms. The van der Waals surface area contributed by atoms with Crippen LogP contribution in [-0.4, -0.2) is 35.6 Å². The van der Waals surface area contributed by atoms with Crippen molar-refractivity contribution in [3.05, 3.63) is 29.8 Å². The fourth-order valence-electron chi connectivity index (χ4n) is 2.01. The van der Waals surface area contributed by atoms with E-state index in [0.29, 0.717) is 18.2 Å². The van der Waals surface area contributed by atoms with Crippen molar-refractivity contribution in [2.45, 2.75) is 38.3 Å². The number of aliphatic hydroxyl groups is 1. The second-order valence-electron chi connectivity index (χ2n) is 4.99. The Bertz CT molecular complexity index is 443. The number of nitrogens with zero attached hydrogens (tertiary/aromatic N) is 1. The van der Waals surface area contributed by atoms with Gasteiger partial charge >= 0.3 is 0 Å². The van der Waals surface area contributed by atoms with Gasteiger partial charge in [0.25, 0.3) is 5.91 Å². The molecule has 0 saturated heterocycles. The Balaban J connectivity index is 1.96. The predicted molar refractivity (Wildman–Crippen MR) is 73.0 cm³/mol. The lowest BCUT2D eigenvalue weighted by atomic mass is 10.1. The van der Waals surface area contributed by atoms with Crippen molar-refractivity contribution in [1.29, 1.82) is 0 Å². The maximum Gasteiger partial charge on any atom is 0.260 e. The lowest BCUT2D eigenvalue weighted by Gasteiger charge is -2.18. The Morgan fingerprint density at radius 1 is 1.47 bits per heavy atom. The van der Waals surface area contributed by atoms with Crippen LogP contribution in [0.1, 0.15) is 37.9 Å². The molecule has 0 radical (unpaired) electrons. The van der Waals surface area contributed by atoms with Gasteiger partial charge in [-0.3, -0.25) is 4.79 Å². The number of hydrogen-bond donors (Lipinski definition) is 1. The minimum atomic E-state index is -0.549. The highest BCUT2D eigenvalue weighted by atomic mass is 16.5. The van der Waals surface area contributed by atoms with E-state index in [0.717, 1.165) is 18.4 Å². The lowest BCUT2D eigenvalue weighted by Crippen LogP contribution is -2.33. The van der Waals surface area contributed by atoms with Gasteiger partial charge in [0, 0.05) is 18.7 Å². The van der Waals surface area contributed by atoms with Crippen LogP contribution < -0.4 is 4.74 Å². The van der Waals surface area contributed by atoms with Gasteiger partial charge in [0.05, 0.1) is 6.10 Å². The quantitative estimate of drug-likeness (QED) is 0.855. The summed E-state index contributed by atoms with van der Waals surface area (Å²) in [4.78, 5) is 13.6. The zero-order chi connectivity index (χ0) is 13.8. The summed E-state index contributed by atoms with van der Waals surface area (Å²) in [5.74, 6) is 0.581. The van der Waals surface area contributed by atoms with Crippen LogP contribution in [0.5, 0.6) is 5.75 Å². The Hall–Kier alpha value is -1.55. The Kier molecular flexibility index (Phi) is 4.43. The molecule has 4 heteroatoms. The molecule has 104 valence electrons. The third-order valence-corrected chi connectivity index (χ3v) is 3.50. The van der Waals surface area contributed by atoms with Gasteiger partial charge in [0.1, 0.15) is 5.75 Å². The highest BCUT2D eigenvalue weighted by molar-refractivity contribution is 5.78. The molecule has 0 aliphatic heterocycles. The Morgan fingerprint density at radius 2 is 2.16 bits per heavy atom. The maximum absolute atomic E-state index is 11.9. The summed E-state index contributed by atoms with van der Waals surface area (Å²) < 4.78 is 5.57. The molecule has 1 saturated carbocycles. The van der Waals surface area contributed by atoms with Crippen LogP contribution in [0, 0.1) is 0 Å². The van der Waals surface area contributed by atoms with E-state index in [1.54, 1.807) is 11.0 Å². The molecule has 2 rings (SSSR count). The monoisotopic (exact) mass is 263 g/mol. The number of amides is 1. The molecular weight excluding hydrogens is 242 g/mol. The van der Waals surface area contributed by atoms with Gasteiger partial charge in [-0.1, -0.05) is 25.1 Å². The van der Waals surface area contributed by atoms with E-state index in [1.165, 1.54) is 0 Å². The maximum atomic E-state index is 11.9. The van der Waals surface area contributed by atoms with E-state index in [4.69, 9.17) is 4.74 Å². The molecule has 0 aromatic heterocycles. The molecule has 0 heterocycles. The molecule has 1 aliphatic rings. The zero-order valence-corrected chi connectivity index (χ0v) is 11.5.